The number of nitrogens with zero attached hydrogens (tertiary/aromatic N) is 5. The predicted molar refractivity (Wildman–Crippen MR) is 118 cm³/mol. The normalized spacial score (nSPS) is 19.2. The van der Waals surface area contributed by atoms with Gasteiger partial charge < -0.3 is 24.6 Å². The fourth-order valence-corrected chi connectivity index (χ4v) is 4.41. The summed E-state index contributed by atoms with van der Waals surface area (Å²) >= 11 is 0. The number of anilines is 2. The lowest BCUT2D eigenvalue weighted by Crippen LogP contribution is -2.30. The highest BCUT2D eigenvalue weighted by molar-refractivity contribution is 5.97. The maximum atomic E-state index is 15.3. The van der Waals surface area contributed by atoms with Crippen LogP contribution in [0, 0.1) is 15.9 Å². The number of rotatable bonds is 5. The molecule has 1 aromatic carbocycles. The van der Waals surface area contributed by atoms with Crippen LogP contribution in [0.5, 0.6) is 5.75 Å². The number of halogens is 1. The van der Waals surface area contributed by atoms with Gasteiger partial charge in [-0.25, -0.2) is 19.2 Å². The summed E-state index contributed by atoms with van der Waals surface area (Å²) in [5.74, 6) is -1.63. The number of pyridine rings is 1. The van der Waals surface area contributed by atoms with Gasteiger partial charge in [-0.3, -0.25) is 14.9 Å². The van der Waals surface area contributed by atoms with Crippen LogP contribution in [0.2, 0.25) is 0 Å². The number of hydrogen-bond donors (Lipinski definition) is 2. The third-order valence-electron chi connectivity index (χ3n) is 6.06. The first-order valence-corrected chi connectivity index (χ1v) is 10.5. The average Bonchev–Trinajstić information content (AvgIpc) is 3.25. The van der Waals surface area contributed by atoms with Crippen molar-refractivity contribution in [2.75, 3.05) is 29.9 Å². The Bertz CT molecular complexity index is 1390. The highest BCUT2D eigenvalue weighted by Gasteiger charge is 2.33. The molecule has 34 heavy (non-hydrogen) atoms. The van der Waals surface area contributed by atoms with E-state index in [1.165, 1.54) is 6.20 Å². The summed E-state index contributed by atoms with van der Waals surface area (Å²) in [6.07, 6.45) is 4.10. The average molecular weight is 470 g/mol. The molecule has 0 saturated carbocycles. The summed E-state index contributed by atoms with van der Waals surface area (Å²) in [6, 6.07) is 0.656. The first-order chi connectivity index (χ1) is 16.2. The minimum absolute atomic E-state index is 0.0455. The molecule has 12 nitrogen and oxygen atoms in total. The largest absolute Gasteiger partial charge is 0.487 e. The molecule has 2 aliphatic rings. The third kappa shape index (κ3) is 3.45. The number of aromatic carboxylic acids is 1. The molecule has 0 spiro atoms. The zero-order chi connectivity index (χ0) is 24.1. The van der Waals surface area contributed by atoms with E-state index in [0.717, 1.165) is 18.5 Å². The van der Waals surface area contributed by atoms with E-state index in [9.17, 15) is 24.8 Å². The van der Waals surface area contributed by atoms with Crippen molar-refractivity contribution in [2.45, 2.75) is 25.4 Å². The topological polar surface area (TPSA) is 153 Å². The summed E-state index contributed by atoms with van der Waals surface area (Å²) in [5, 5.41) is 23.2. The Hall–Kier alpha value is -4.29. The fraction of sp³-hybridized carbons (Fsp3) is 0.333. The molecule has 0 bridgehead atoms. The standard InChI is InChI=1S/C21H19FN6O6/c1-10-9-34-19-16-13(18(29)14(20(30)31)8-27(10)16)4-15(22)17(19)26-3-2-11(7-26)25-21-23-5-12(6-24-21)28(32)33/h4-6,8,10-11H,2-3,7,9H2,1H3,(H,30,31)(H,23,24,25)/t10-,11+/m0/s1. The van der Waals surface area contributed by atoms with Gasteiger partial charge in [-0.15, -0.1) is 0 Å². The van der Waals surface area contributed by atoms with Crippen molar-refractivity contribution in [3.8, 4) is 5.75 Å². The van der Waals surface area contributed by atoms with Crippen molar-refractivity contribution < 1.29 is 24.0 Å². The number of nitro groups is 1. The van der Waals surface area contributed by atoms with Gasteiger partial charge in [0.05, 0.1) is 21.9 Å². The summed E-state index contributed by atoms with van der Waals surface area (Å²) in [4.78, 5) is 44.1. The molecule has 4 heterocycles. The van der Waals surface area contributed by atoms with Crippen LogP contribution in [0.15, 0.2) is 29.5 Å². The van der Waals surface area contributed by atoms with Crippen LogP contribution in [0.25, 0.3) is 10.9 Å². The molecule has 13 heteroatoms. The van der Waals surface area contributed by atoms with Crippen LogP contribution in [0.1, 0.15) is 29.7 Å². The maximum Gasteiger partial charge on any atom is 0.341 e. The molecule has 5 rings (SSSR count). The van der Waals surface area contributed by atoms with Gasteiger partial charge >= 0.3 is 11.7 Å². The quantitative estimate of drug-likeness (QED) is 0.419. The van der Waals surface area contributed by atoms with E-state index in [2.05, 4.69) is 15.3 Å². The van der Waals surface area contributed by atoms with Crippen LogP contribution >= 0.6 is 0 Å². The van der Waals surface area contributed by atoms with E-state index >= 15 is 4.39 Å². The number of carbonyl (C=O) groups is 1. The number of aromatic nitrogens is 3. The van der Waals surface area contributed by atoms with Gasteiger partial charge in [-0.1, -0.05) is 0 Å². The predicted octanol–water partition coefficient (Wildman–Crippen LogP) is 2.18. The minimum Gasteiger partial charge on any atom is -0.487 e. The van der Waals surface area contributed by atoms with Gasteiger partial charge in [0.2, 0.25) is 11.4 Å². The second-order valence-corrected chi connectivity index (χ2v) is 8.27. The van der Waals surface area contributed by atoms with E-state index in [1.54, 1.807) is 9.47 Å². The summed E-state index contributed by atoms with van der Waals surface area (Å²) in [5.41, 5.74) is -0.850. The number of carboxylic acid groups (broad SMARTS) is 1. The monoisotopic (exact) mass is 470 g/mol. The van der Waals surface area contributed by atoms with Gasteiger partial charge in [0.15, 0.2) is 11.6 Å². The fourth-order valence-electron chi connectivity index (χ4n) is 4.41. The molecule has 3 aromatic rings. The van der Waals surface area contributed by atoms with Crippen LogP contribution in [0.3, 0.4) is 0 Å². The first-order valence-electron chi connectivity index (χ1n) is 10.5. The highest BCUT2D eigenvalue weighted by Crippen LogP contribution is 2.42. The number of ether oxygens (including phenoxy) is 1. The maximum absolute atomic E-state index is 15.3. The van der Waals surface area contributed by atoms with Gasteiger partial charge in [0.1, 0.15) is 30.3 Å². The van der Waals surface area contributed by atoms with Gasteiger partial charge in [0.25, 0.3) is 0 Å². The lowest BCUT2D eigenvalue weighted by Gasteiger charge is -2.31. The van der Waals surface area contributed by atoms with E-state index < -0.39 is 27.7 Å². The number of hydrogen-bond acceptors (Lipinski definition) is 9. The second-order valence-electron chi connectivity index (χ2n) is 8.27. The summed E-state index contributed by atoms with van der Waals surface area (Å²) in [6.45, 7) is 2.84. The third-order valence-corrected chi connectivity index (χ3v) is 6.06. The Morgan fingerprint density at radius 1 is 1.38 bits per heavy atom. The molecular weight excluding hydrogens is 451 g/mol. The molecule has 176 valence electrons. The zero-order valence-corrected chi connectivity index (χ0v) is 17.9. The van der Waals surface area contributed by atoms with Crippen molar-refractivity contribution in [1.29, 1.82) is 0 Å². The lowest BCUT2D eigenvalue weighted by molar-refractivity contribution is -0.385. The number of nitrogens with one attached hydrogen (secondary N) is 1. The van der Waals surface area contributed by atoms with Crippen LogP contribution in [-0.2, 0) is 0 Å². The molecule has 1 fully saturated rings. The van der Waals surface area contributed by atoms with Crippen molar-refractivity contribution in [2.24, 2.45) is 0 Å². The smallest absolute Gasteiger partial charge is 0.341 e. The Balaban J connectivity index is 1.49. The van der Waals surface area contributed by atoms with Crippen molar-refractivity contribution >= 4 is 34.2 Å². The van der Waals surface area contributed by atoms with Crippen molar-refractivity contribution in [3.05, 3.63) is 56.4 Å². The van der Waals surface area contributed by atoms with E-state index in [0.29, 0.717) is 25.0 Å². The summed E-state index contributed by atoms with van der Waals surface area (Å²) in [7, 11) is 0. The molecule has 2 N–H and O–H groups in total. The molecule has 0 radical (unpaired) electrons. The zero-order valence-electron chi connectivity index (χ0n) is 17.9. The van der Waals surface area contributed by atoms with Crippen LogP contribution < -0.4 is 20.4 Å². The molecule has 0 aliphatic carbocycles. The number of benzene rings is 1. The van der Waals surface area contributed by atoms with E-state index in [4.69, 9.17) is 4.74 Å². The number of carboxylic acids is 1. The Morgan fingerprint density at radius 2 is 2.12 bits per heavy atom. The van der Waals surface area contributed by atoms with E-state index in [-0.39, 0.29) is 47.1 Å². The van der Waals surface area contributed by atoms with Crippen LogP contribution in [0.4, 0.5) is 21.7 Å². The highest BCUT2D eigenvalue weighted by atomic mass is 19.1. The van der Waals surface area contributed by atoms with E-state index in [1.807, 2.05) is 6.92 Å². The minimum atomic E-state index is -1.37. The Morgan fingerprint density at radius 3 is 2.79 bits per heavy atom. The van der Waals surface area contributed by atoms with Crippen molar-refractivity contribution in [3.63, 3.8) is 0 Å². The van der Waals surface area contributed by atoms with Gasteiger partial charge in [-0.2, -0.15) is 0 Å². The van der Waals surface area contributed by atoms with Crippen LogP contribution in [-0.4, -0.2) is 56.3 Å². The van der Waals surface area contributed by atoms with Gasteiger partial charge in [-0.05, 0) is 19.4 Å². The molecular formula is C21H19FN6O6. The lowest BCUT2D eigenvalue weighted by atomic mass is 10.1. The molecule has 2 aliphatic heterocycles. The van der Waals surface area contributed by atoms with Gasteiger partial charge in [0, 0.05) is 25.3 Å². The first kappa shape index (κ1) is 21.6. The second kappa shape index (κ2) is 7.93. The van der Waals surface area contributed by atoms with Crippen molar-refractivity contribution in [1.82, 2.24) is 14.5 Å². The summed E-state index contributed by atoms with van der Waals surface area (Å²) < 4.78 is 22.9. The molecule has 0 amide bonds. The Labute approximate surface area is 190 Å². The molecule has 2 aromatic heterocycles. The Kier molecular flexibility index (Phi) is 5.03. The molecule has 1 saturated heterocycles. The SMILES string of the molecule is C[C@H]1COc2c(N3CC[C@@H](Nc4ncc([N+](=O)[O-])cn4)C3)c(F)cc3c(=O)c(C(=O)O)cn1c23. The molecule has 2 atom stereocenters. The molecule has 0 unspecified atom stereocenters.